The summed E-state index contributed by atoms with van der Waals surface area (Å²) >= 11 is 1.47. The number of benzene rings is 3. The normalized spacial score (nSPS) is 11.4. The number of hydrogen-bond donors (Lipinski definition) is 1. The summed E-state index contributed by atoms with van der Waals surface area (Å²) in [6, 6.07) is 23.3. The molecule has 1 N–H and O–H groups in total. The molecule has 1 heterocycles. The number of thioether (sulfide) groups is 1. The minimum absolute atomic E-state index is 0.209. The largest absolute Gasteiger partial charge is 0.411 e. The number of sulfonamides is 1. The number of nitrogens with zero attached hydrogens (tertiary/aromatic N) is 2. The van der Waals surface area contributed by atoms with Crippen LogP contribution >= 0.6 is 11.8 Å². The van der Waals surface area contributed by atoms with Crippen LogP contribution in [0.25, 0.3) is 11.5 Å². The predicted molar refractivity (Wildman–Crippen MR) is 118 cm³/mol. The van der Waals surface area contributed by atoms with Gasteiger partial charge < -0.3 is 4.42 Å². The Kier molecular flexibility index (Phi) is 5.87. The molecule has 0 saturated carbocycles. The van der Waals surface area contributed by atoms with Gasteiger partial charge >= 0.3 is 0 Å². The third-order valence-electron chi connectivity index (χ3n) is 4.33. The van der Waals surface area contributed by atoms with Crippen molar-refractivity contribution in [1.82, 2.24) is 10.2 Å². The molecule has 0 unspecified atom stereocenters. The Hall–Kier alpha value is -3.10. The highest BCUT2D eigenvalue weighted by atomic mass is 32.2. The monoisotopic (exact) mass is 437 g/mol. The lowest BCUT2D eigenvalue weighted by Gasteiger charge is -2.08. The molecule has 0 bridgehead atoms. The van der Waals surface area contributed by atoms with E-state index in [1.165, 1.54) is 22.9 Å². The molecule has 0 spiro atoms. The Morgan fingerprint density at radius 2 is 1.60 bits per heavy atom. The van der Waals surface area contributed by atoms with Gasteiger partial charge in [0.1, 0.15) is 0 Å². The highest BCUT2D eigenvalue weighted by molar-refractivity contribution is 7.98. The lowest BCUT2D eigenvalue weighted by Crippen LogP contribution is -2.12. The van der Waals surface area contributed by atoms with Crippen LogP contribution in [-0.4, -0.2) is 18.6 Å². The van der Waals surface area contributed by atoms with Gasteiger partial charge in [-0.1, -0.05) is 59.8 Å². The highest BCUT2D eigenvalue weighted by Gasteiger charge is 2.14. The van der Waals surface area contributed by atoms with Crippen molar-refractivity contribution in [3.63, 3.8) is 0 Å². The van der Waals surface area contributed by atoms with Crippen LogP contribution in [0.3, 0.4) is 0 Å². The first-order valence-electron chi connectivity index (χ1n) is 9.20. The molecule has 0 aliphatic carbocycles. The predicted octanol–water partition coefficient (Wildman–Crippen LogP) is 5.14. The Bertz CT molecular complexity index is 1220. The third-order valence-corrected chi connectivity index (χ3v) is 6.61. The minimum atomic E-state index is -3.63. The average Bonchev–Trinajstić information content (AvgIpc) is 3.23. The number of hydrogen-bond acceptors (Lipinski definition) is 6. The molecule has 4 aromatic rings. The first-order valence-corrected chi connectivity index (χ1v) is 11.7. The zero-order valence-electron chi connectivity index (χ0n) is 16.1. The van der Waals surface area contributed by atoms with Gasteiger partial charge in [0.2, 0.25) is 5.89 Å². The van der Waals surface area contributed by atoms with Crippen LogP contribution in [0.4, 0.5) is 5.69 Å². The van der Waals surface area contributed by atoms with Crippen LogP contribution in [-0.2, 0) is 15.8 Å². The number of aryl methyl sites for hydroxylation is 1. The molecule has 8 heteroatoms. The van der Waals surface area contributed by atoms with Crippen molar-refractivity contribution in [3.8, 4) is 11.5 Å². The van der Waals surface area contributed by atoms with Crippen LogP contribution in [0.2, 0.25) is 0 Å². The molecular formula is C22H19N3O3S2. The molecule has 1 aromatic heterocycles. The summed E-state index contributed by atoms with van der Waals surface area (Å²) < 4.78 is 33.1. The van der Waals surface area contributed by atoms with Crippen molar-refractivity contribution >= 4 is 27.5 Å². The van der Waals surface area contributed by atoms with Gasteiger partial charge in [-0.3, -0.25) is 4.72 Å². The van der Waals surface area contributed by atoms with E-state index in [1.807, 2.05) is 0 Å². The smallest absolute Gasteiger partial charge is 0.277 e. The maximum Gasteiger partial charge on any atom is 0.277 e. The minimum Gasteiger partial charge on any atom is -0.411 e. The zero-order valence-corrected chi connectivity index (χ0v) is 17.8. The number of anilines is 1. The summed E-state index contributed by atoms with van der Waals surface area (Å²) in [4.78, 5) is 0.209. The molecule has 0 saturated heterocycles. The van der Waals surface area contributed by atoms with Crippen molar-refractivity contribution < 1.29 is 12.8 Å². The van der Waals surface area contributed by atoms with Crippen LogP contribution in [0, 0.1) is 6.92 Å². The molecule has 0 fully saturated rings. The van der Waals surface area contributed by atoms with Gasteiger partial charge in [0.15, 0.2) is 0 Å². The van der Waals surface area contributed by atoms with Crippen molar-refractivity contribution in [2.75, 3.05) is 4.72 Å². The van der Waals surface area contributed by atoms with Gasteiger partial charge in [0, 0.05) is 17.0 Å². The van der Waals surface area contributed by atoms with Gasteiger partial charge in [0.05, 0.1) is 4.90 Å². The SMILES string of the molecule is Cc1ccc(CSc2nnc(-c3ccc(NS(=O)(=O)c4ccccc4)cc3)o2)cc1. The number of aromatic nitrogens is 2. The van der Waals surface area contributed by atoms with Crippen molar-refractivity contribution in [2.24, 2.45) is 0 Å². The summed E-state index contributed by atoms with van der Waals surface area (Å²) in [5.41, 5.74) is 3.57. The quantitative estimate of drug-likeness (QED) is 0.403. The Balaban J connectivity index is 1.41. The topological polar surface area (TPSA) is 85.1 Å². The zero-order chi connectivity index (χ0) is 21.0. The highest BCUT2D eigenvalue weighted by Crippen LogP contribution is 2.27. The van der Waals surface area contributed by atoms with Crippen LogP contribution < -0.4 is 4.72 Å². The fraction of sp³-hybridized carbons (Fsp3) is 0.0909. The van der Waals surface area contributed by atoms with E-state index in [1.54, 1.807) is 54.6 Å². The van der Waals surface area contributed by atoms with E-state index in [0.29, 0.717) is 22.4 Å². The van der Waals surface area contributed by atoms with Crippen LogP contribution in [0.5, 0.6) is 0 Å². The molecule has 30 heavy (non-hydrogen) atoms. The average molecular weight is 438 g/mol. The Morgan fingerprint density at radius 1 is 0.900 bits per heavy atom. The van der Waals surface area contributed by atoms with Gasteiger partial charge in [-0.15, -0.1) is 10.2 Å². The molecule has 152 valence electrons. The first kappa shape index (κ1) is 20.2. The van der Waals surface area contributed by atoms with Crippen LogP contribution in [0.1, 0.15) is 11.1 Å². The van der Waals surface area contributed by atoms with E-state index in [9.17, 15) is 8.42 Å². The van der Waals surface area contributed by atoms with Gasteiger partial charge in [0.25, 0.3) is 15.2 Å². The summed E-state index contributed by atoms with van der Waals surface area (Å²) in [6.45, 7) is 2.05. The second-order valence-corrected chi connectivity index (χ2v) is 9.25. The van der Waals surface area contributed by atoms with Gasteiger partial charge in [-0.25, -0.2) is 8.42 Å². The number of nitrogens with one attached hydrogen (secondary N) is 1. The van der Waals surface area contributed by atoms with Crippen molar-refractivity contribution in [3.05, 3.63) is 90.0 Å². The van der Waals surface area contributed by atoms with Crippen molar-refractivity contribution in [2.45, 2.75) is 22.8 Å². The first-order chi connectivity index (χ1) is 14.5. The summed E-state index contributed by atoms with van der Waals surface area (Å²) in [5.74, 6) is 1.13. The molecule has 0 amide bonds. The van der Waals surface area contributed by atoms with E-state index in [2.05, 4.69) is 46.1 Å². The standard InChI is InChI=1S/C22H19N3O3S2/c1-16-7-9-17(10-8-16)15-29-22-24-23-21(28-22)18-11-13-19(14-12-18)25-30(26,27)20-5-3-2-4-6-20/h2-14,25H,15H2,1H3. The third kappa shape index (κ3) is 4.90. The van der Waals surface area contributed by atoms with Gasteiger partial charge in [-0.05, 0) is 48.9 Å². The Labute approximate surface area is 179 Å². The Morgan fingerprint density at radius 3 is 2.30 bits per heavy atom. The summed E-state index contributed by atoms with van der Waals surface area (Å²) in [7, 11) is -3.63. The molecule has 4 rings (SSSR count). The molecule has 6 nitrogen and oxygen atoms in total. The molecular weight excluding hydrogens is 418 g/mol. The molecule has 0 radical (unpaired) electrons. The van der Waals surface area contributed by atoms with Gasteiger partial charge in [-0.2, -0.15) is 0 Å². The van der Waals surface area contributed by atoms with E-state index < -0.39 is 10.0 Å². The molecule has 0 aliphatic rings. The lowest BCUT2D eigenvalue weighted by atomic mass is 10.2. The second kappa shape index (κ2) is 8.73. The molecule has 0 aliphatic heterocycles. The van der Waals surface area contributed by atoms with E-state index in [4.69, 9.17) is 4.42 Å². The summed E-state index contributed by atoms with van der Waals surface area (Å²) in [6.07, 6.45) is 0. The van der Waals surface area contributed by atoms with Crippen molar-refractivity contribution in [1.29, 1.82) is 0 Å². The fourth-order valence-corrected chi connectivity index (χ4v) is 4.51. The van der Waals surface area contributed by atoms with E-state index >= 15 is 0 Å². The fourth-order valence-electron chi connectivity index (χ4n) is 2.71. The van der Waals surface area contributed by atoms with E-state index in [-0.39, 0.29) is 4.90 Å². The maximum atomic E-state index is 12.4. The van der Waals surface area contributed by atoms with Crippen LogP contribution in [0.15, 0.2) is 93.4 Å². The second-order valence-electron chi connectivity index (χ2n) is 6.64. The lowest BCUT2D eigenvalue weighted by molar-refractivity contribution is 0.466. The molecule has 0 atom stereocenters. The molecule has 3 aromatic carbocycles. The number of rotatable bonds is 7. The summed E-state index contributed by atoms with van der Waals surface area (Å²) in [5, 5.41) is 8.66. The maximum absolute atomic E-state index is 12.4. The van der Waals surface area contributed by atoms with E-state index in [0.717, 1.165) is 5.75 Å².